The van der Waals surface area contributed by atoms with Crippen molar-refractivity contribution in [1.29, 1.82) is 0 Å². The fourth-order valence-corrected chi connectivity index (χ4v) is 3.30. The van der Waals surface area contributed by atoms with Gasteiger partial charge in [-0.25, -0.2) is 19.5 Å². The number of fused-ring (bicyclic) bond motifs is 1. The molecule has 3 aromatic rings. The molecule has 10 heteroatoms. The van der Waals surface area contributed by atoms with E-state index in [2.05, 4.69) is 45.7 Å². The van der Waals surface area contributed by atoms with Crippen LogP contribution in [-0.2, 0) is 11.6 Å². The quantitative estimate of drug-likeness (QED) is 0.653. The largest absolute Gasteiger partial charge is 0.433 e. The lowest BCUT2D eigenvalue weighted by molar-refractivity contribution is -0.141. The zero-order valence-corrected chi connectivity index (χ0v) is 16.5. The Hall–Kier alpha value is -2.91. The molecule has 0 radical (unpaired) electrons. The van der Waals surface area contributed by atoms with Crippen molar-refractivity contribution < 1.29 is 13.2 Å². The Bertz CT molecular complexity index is 1010. The molecule has 1 aliphatic heterocycles. The van der Waals surface area contributed by atoms with Gasteiger partial charge in [0.05, 0.1) is 5.69 Å². The summed E-state index contributed by atoms with van der Waals surface area (Å²) in [4.78, 5) is 16.1. The van der Waals surface area contributed by atoms with Crippen LogP contribution in [0.15, 0.2) is 30.7 Å². The highest BCUT2D eigenvalue weighted by atomic mass is 19.4. The zero-order chi connectivity index (χ0) is 20.8. The lowest BCUT2D eigenvalue weighted by atomic mass is 9.92. The smallest absolute Gasteiger partial charge is 0.351 e. The minimum atomic E-state index is -4.48. The third-order valence-electron chi connectivity index (χ3n) is 4.93. The van der Waals surface area contributed by atoms with Gasteiger partial charge in [0.15, 0.2) is 5.82 Å². The van der Waals surface area contributed by atoms with E-state index in [0.29, 0.717) is 26.2 Å². The molecule has 0 N–H and O–H groups in total. The minimum Gasteiger partial charge on any atom is -0.351 e. The first-order chi connectivity index (χ1) is 13.6. The summed E-state index contributed by atoms with van der Waals surface area (Å²) in [5, 5.41) is 4.65. The van der Waals surface area contributed by atoms with E-state index >= 15 is 0 Å². The van der Waals surface area contributed by atoms with Crippen LogP contribution in [-0.4, -0.2) is 50.7 Å². The van der Waals surface area contributed by atoms with Gasteiger partial charge in [-0.2, -0.15) is 18.3 Å². The van der Waals surface area contributed by atoms with Crippen molar-refractivity contribution >= 4 is 17.3 Å². The molecule has 0 atom stereocenters. The Kier molecular flexibility index (Phi) is 4.59. The summed E-state index contributed by atoms with van der Waals surface area (Å²) in [6, 6.07) is 2.93. The van der Waals surface area contributed by atoms with Crippen LogP contribution in [0.4, 0.5) is 24.9 Å². The molecule has 0 saturated carbocycles. The molecule has 0 unspecified atom stereocenters. The first-order valence-corrected chi connectivity index (χ1v) is 9.38. The van der Waals surface area contributed by atoms with Gasteiger partial charge in [-0.1, -0.05) is 20.8 Å². The lowest BCUT2D eigenvalue weighted by Crippen LogP contribution is -2.47. The third-order valence-corrected chi connectivity index (χ3v) is 4.93. The third kappa shape index (κ3) is 3.83. The van der Waals surface area contributed by atoms with Gasteiger partial charge in [0.2, 0.25) is 5.95 Å². The fourth-order valence-electron chi connectivity index (χ4n) is 3.30. The van der Waals surface area contributed by atoms with Crippen LogP contribution in [0, 0.1) is 0 Å². The second kappa shape index (κ2) is 6.85. The molecule has 1 fully saturated rings. The Labute approximate surface area is 166 Å². The average molecular weight is 405 g/mol. The van der Waals surface area contributed by atoms with Crippen molar-refractivity contribution in [2.45, 2.75) is 32.4 Å². The highest BCUT2D eigenvalue weighted by molar-refractivity contribution is 5.70. The molecular weight excluding hydrogens is 383 g/mol. The first-order valence-electron chi connectivity index (χ1n) is 9.38. The molecule has 0 spiro atoms. The highest BCUT2D eigenvalue weighted by Gasteiger charge is 2.33. The maximum Gasteiger partial charge on any atom is 0.433 e. The maximum atomic E-state index is 12.9. The Morgan fingerprint density at radius 1 is 0.897 bits per heavy atom. The number of alkyl halides is 3. The number of nitrogens with zero attached hydrogens (tertiary/aromatic N) is 7. The van der Waals surface area contributed by atoms with Gasteiger partial charge in [-0.15, -0.1) is 0 Å². The van der Waals surface area contributed by atoms with Crippen LogP contribution in [0.3, 0.4) is 0 Å². The number of hydrogen-bond donors (Lipinski definition) is 0. The monoisotopic (exact) mass is 405 g/mol. The highest BCUT2D eigenvalue weighted by Crippen LogP contribution is 2.29. The van der Waals surface area contributed by atoms with E-state index in [-0.39, 0.29) is 11.4 Å². The predicted octanol–water partition coefficient (Wildman–Crippen LogP) is 3.16. The van der Waals surface area contributed by atoms with Crippen LogP contribution >= 0.6 is 0 Å². The van der Waals surface area contributed by atoms with Gasteiger partial charge in [-0.05, 0) is 12.1 Å². The van der Waals surface area contributed by atoms with E-state index in [1.54, 1.807) is 11.1 Å². The fraction of sp³-hybridized carbons (Fsp3) is 0.474. The molecule has 1 saturated heterocycles. The molecule has 0 aromatic carbocycles. The number of hydrogen-bond acceptors (Lipinski definition) is 6. The predicted molar refractivity (Wildman–Crippen MR) is 103 cm³/mol. The van der Waals surface area contributed by atoms with Gasteiger partial charge in [-0.3, -0.25) is 0 Å². The first kappa shape index (κ1) is 19.4. The van der Waals surface area contributed by atoms with Crippen molar-refractivity contribution in [3.63, 3.8) is 0 Å². The number of anilines is 2. The van der Waals surface area contributed by atoms with E-state index in [1.807, 2.05) is 16.8 Å². The molecule has 0 bridgehead atoms. The molecule has 0 aliphatic carbocycles. The molecular formula is C19H22F3N7. The zero-order valence-electron chi connectivity index (χ0n) is 16.5. The molecule has 7 nitrogen and oxygen atoms in total. The van der Waals surface area contributed by atoms with Gasteiger partial charge in [0.1, 0.15) is 11.2 Å². The molecule has 29 heavy (non-hydrogen) atoms. The molecule has 0 amide bonds. The van der Waals surface area contributed by atoms with E-state index < -0.39 is 11.9 Å². The van der Waals surface area contributed by atoms with Crippen molar-refractivity contribution in [3.05, 3.63) is 42.1 Å². The summed E-state index contributed by atoms with van der Waals surface area (Å²) in [6.45, 7) is 8.53. The summed E-state index contributed by atoms with van der Waals surface area (Å²) in [7, 11) is 0. The van der Waals surface area contributed by atoms with Crippen molar-refractivity contribution in [2.75, 3.05) is 36.0 Å². The van der Waals surface area contributed by atoms with Gasteiger partial charge < -0.3 is 9.80 Å². The molecule has 4 heterocycles. The molecule has 4 rings (SSSR count). The van der Waals surface area contributed by atoms with Crippen LogP contribution in [0.2, 0.25) is 0 Å². The van der Waals surface area contributed by atoms with Crippen molar-refractivity contribution in [1.82, 2.24) is 24.6 Å². The maximum absolute atomic E-state index is 12.9. The average Bonchev–Trinajstić information content (AvgIpc) is 3.12. The molecule has 1 aliphatic rings. The Morgan fingerprint density at radius 3 is 2.24 bits per heavy atom. The van der Waals surface area contributed by atoms with E-state index in [9.17, 15) is 13.2 Å². The SMILES string of the molecule is CC(C)(C)c1cc2c(N3CCN(c4nccc(C(F)(F)F)n4)CC3)nccn2n1. The summed E-state index contributed by atoms with van der Waals surface area (Å²) in [6.07, 6.45) is 0.205. The number of rotatable bonds is 2. The van der Waals surface area contributed by atoms with Crippen LogP contribution in [0.1, 0.15) is 32.2 Å². The summed E-state index contributed by atoms with van der Waals surface area (Å²) in [5.74, 6) is 0.921. The van der Waals surface area contributed by atoms with E-state index in [0.717, 1.165) is 29.3 Å². The molecule has 3 aromatic heterocycles. The van der Waals surface area contributed by atoms with E-state index in [1.165, 1.54) is 0 Å². The van der Waals surface area contributed by atoms with Crippen molar-refractivity contribution in [3.8, 4) is 0 Å². The number of aromatic nitrogens is 5. The van der Waals surface area contributed by atoms with Crippen molar-refractivity contribution in [2.24, 2.45) is 0 Å². The number of piperazine rings is 1. The van der Waals surface area contributed by atoms with Gasteiger partial charge in [0.25, 0.3) is 0 Å². The van der Waals surface area contributed by atoms with E-state index in [4.69, 9.17) is 0 Å². The second-order valence-electron chi connectivity index (χ2n) is 8.07. The van der Waals surface area contributed by atoms with Gasteiger partial charge >= 0.3 is 6.18 Å². The standard InChI is InChI=1S/C19H22F3N7/c1-18(2,3)15-12-13-16(23-6-7-29(13)26-15)27-8-10-28(11-9-27)17-24-5-4-14(25-17)19(20,21)22/h4-7,12H,8-11H2,1-3H3. The number of halogens is 3. The summed E-state index contributed by atoms with van der Waals surface area (Å²) in [5.41, 5.74) is 0.886. The minimum absolute atomic E-state index is 0.0805. The molecule has 154 valence electrons. The van der Waals surface area contributed by atoms with Crippen LogP contribution < -0.4 is 9.80 Å². The normalized spacial score (nSPS) is 15.9. The van der Waals surface area contributed by atoms with Crippen LogP contribution in [0.5, 0.6) is 0 Å². The van der Waals surface area contributed by atoms with Gasteiger partial charge in [0, 0.05) is 50.2 Å². The second-order valence-corrected chi connectivity index (χ2v) is 8.07. The Balaban J connectivity index is 1.54. The van der Waals surface area contributed by atoms with Crippen LogP contribution in [0.25, 0.3) is 5.52 Å². The lowest BCUT2D eigenvalue weighted by Gasteiger charge is -2.35. The summed E-state index contributed by atoms with van der Waals surface area (Å²) < 4.78 is 40.6. The summed E-state index contributed by atoms with van der Waals surface area (Å²) >= 11 is 0. The Morgan fingerprint density at radius 2 is 1.59 bits per heavy atom. The topological polar surface area (TPSA) is 62.5 Å².